The van der Waals surface area contributed by atoms with E-state index in [1.807, 2.05) is 0 Å². The van der Waals surface area contributed by atoms with Crippen molar-refractivity contribution in [2.45, 2.75) is 26.6 Å². The van der Waals surface area contributed by atoms with Crippen LogP contribution in [0, 0.1) is 11.3 Å². The quantitative estimate of drug-likeness (QED) is 0.806. The molecular formula is C13H13F2NO4. The number of benzene rings is 1. The molecule has 0 spiro atoms. The number of hydrogen-bond acceptors (Lipinski definition) is 5. The number of hydrogen-bond donors (Lipinski definition) is 1. The molecular weight excluding hydrogens is 272 g/mol. The molecule has 0 saturated heterocycles. The second-order valence-electron chi connectivity index (χ2n) is 3.76. The molecule has 0 unspecified atom stereocenters. The summed E-state index contributed by atoms with van der Waals surface area (Å²) >= 11 is 0. The molecule has 7 heteroatoms. The van der Waals surface area contributed by atoms with Crippen LogP contribution in [0.3, 0.4) is 0 Å². The van der Waals surface area contributed by atoms with Gasteiger partial charge in [-0.3, -0.25) is 4.79 Å². The third-order valence-electron chi connectivity index (χ3n) is 2.39. The van der Waals surface area contributed by atoms with Gasteiger partial charge >= 0.3 is 12.6 Å². The van der Waals surface area contributed by atoms with Crippen LogP contribution >= 0.6 is 0 Å². The van der Waals surface area contributed by atoms with Crippen molar-refractivity contribution in [1.82, 2.24) is 0 Å². The van der Waals surface area contributed by atoms with Crippen LogP contribution in [0.4, 0.5) is 8.78 Å². The topological polar surface area (TPSA) is 79.6 Å². The minimum atomic E-state index is -3.11. The van der Waals surface area contributed by atoms with E-state index in [9.17, 15) is 13.6 Å². The molecule has 0 atom stereocenters. The summed E-state index contributed by atoms with van der Waals surface area (Å²) in [6.45, 7) is -1.74. The van der Waals surface area contributed by atoms with Crippen molar-refractivity contribution in [2.75, 3.05) is 6.61 Å². The van der Waals surface area contributed by atoms with Crippen LogP contribution in [0.25, 0.3) is 0 Å². The molecule has 0 fully saturated rings. The van der Waals surface area contributed by atoms with Gasteiger partial charge in [-0.25, -0.2) is 0 Å². The Morgan fingerprint density at radius 3 is 2.70 bits per heavy atom. The number of aliphatic hydroxyl groups excluding tert-OH is 1. The highest BCUT2D eigenvalue weighted by atomic mass is 19.3. The average Bonchev–Trinajstić information content (AvgIpc) is 2.37. The molecule has 0 aliphatic heterocycles. The molecule has 0 aliphatic rings. The number of nitrogens with zero attached hydrogens (tertiary/aromatic N) is 1. The van der Waals surface area contributed by atoms with Gasteiger partial charge in [0.15, 0.2) is 0 Å². The number of carbonyl (C=O) groups excluding carboxylic acids is 1. The largest absolute Gasteiger partial charge is 0.466 e. The molecule has 1 aromatic rings. The molecule has 5 nitrogen and oxygen atoms in total. The maximum Gasteiger partial charge on any atom is 0.387 e. The summed E-state index contributed by atoms with van der Waals surface area (Å²) in [5.74, 6) is -0.963. The zero-order valence-corrected chi connectivity index (χ0v) is 10.7. The average molecular weight is 285 g/mol. The predicted molar refractivity (Wildman–Crippen MR) is 64.0 cm³/mol. The maximum absolute atomic E-state index is 12.3. The Bertz CT molecular complexity index is 526. The first-order valence-electron chi connectivity index (χ1n) is 5.79. The van der Waals surface area contributed by atoms with Crippen LogP contribution in [0.2, 0.25) is 0 Å². The molecule has 1 aromatic carbocycles. The van der Waals surface area contributed by atoms with E-state index in [1.165, 1.54) is 6.07 Å². The first-order chi connectivity index (χ1) is 9.51. The summed E-state index contributed by atoms with van der Waals surface area (Å²) in [5.41, 5.74) is 0.266. The van der Waals surface area contributed by atoms with E-state index in [1.54, 1.807) is 13.0 Å². The Morgan fingerprint density at radius 2 is 2.20 bits per heavy atom. The Labute approximate surface area is 114 Å². The third-order valence-corrected chi connectivity index (χ3v) is 2.39. The van der Waals surface area contributed by atoms with Crippen molar-refractivity contribution in [2.24, 2.45) is 0 Å². The van der Waals surface area contributed by atoms with Crippen LogP contribution in [-0.4, -0.2) is 24.3 Å². The fourth-order valence-electron chi connectivity index (χ4n) is 1.65. The molecule has 108 valence electrons. The lowest BCUT2D eigenvalue weighted by Gasteiger charge is -2.12. The number of halogens is 2. The van der Waals surface area contributed by atoms with Crippen LogP contribution < -0.4 is 4.74 Å². The standard InChI is InChI=1S/C13H13F2NO4/c1-2-19-12(18)5-9-3-8(7-17)4-11(10(9)6-16)20-13(14)15/h3-4,13,17H,2,5,7H2,1H3. The van der Waals surface area contributed by atoms with E-state index in [0.717, 1.165) is 6.07 Å². The van der Waals surface area contributed by atoms with Gasteiger partial charge in [0.05, 0.1) is 25.2 Å². The predicted octanol–water partition coefficient (Wildman–Crippen LogP) is 1.76. The lowest BCUT2D eigenvalue weighted by atomic mass is 10.0. The Morgan fingerprint density at radius 1 is 1.50 bits per heavy atom. The molecule has 0 aromatic heterocycles. The molecule has 0 bridgehead atoms. The van der Waals surface area contributed by atoms with Gasteiger partial charge in [-0.15, -0.1) is 0 Å². The highest BCUT2D eigenvalue weighted by Gasteiger charge is 2.17. The van der Waals surface area contributed by atoms with E-state index in [-0.39, 0.29) is 35.5 Å². The van der Waals surface area contributed by atoms with Gasteiger partial charge in [0, 0.05) is 0 Å². The molecule has 0 aliphatic carbocycles. The van der Waals surface area contributed by atoms with E-state index >= 15 is 0 Å². The number of carbonyl (C=O) groups is 1. The third kappa shape index (κ3) is 4.17. The van der Waals surface area contributed by atoms with Crippen molar-refractivity contribution in [1.29, 1.82) is 5.26 Å². The first kappa shape index (κ1) is 15.9. The highest BCUT2D eigenvalue weighted by molar-refractivity contribution is 5.74. The van der Waals surface area contributed by atoms with Crippen LogP contribution in [0.5, 0.6) is 5.75 Å². The van der Waals surface area contributed by atoms with E-state index in [2.05, 4.69) is 4.74 Å². The Balaban J connectivity index is 3.19. The van der Waals surface area contributed by atoms with Crippen LogP contribution in [0.15, 0.2) is 12.1 Å². The molecule has 0 amide bonds. The van der Waals surface area contributed by atoms with E-state index in [4.69, 9.17) is 15.1 Å². The molecule has 0 radical (unpaired) electrons. The normalized spacial score (nSPS) is 10.2. The van der Waals surface area contributed by atoms with Gasteiger partial charge in [-0.2, -0.15) is 14.0 Å². The molecule has 0 heterocycles. The smallest absolute Gasteiger partial charge is 0.387 e. The first-order valence-corrected chi connectivity index (χ1v) is 5.79. The van der Waals surface area contributed by atoms with Crippen molar-refractivity contribution in [3.63, 3.8) is 0 Å². The Hall–Kier alpha value is -2.20. The van der Waals surface area contributed by atoms with Gasteiger partial charge in [-0.1, -0.05) is 6.07 Å². The van der Waals surface area contributed by atoms with Crippen molar-refractivity contribution < 1.29 is 28.2 Å². The summed E-state index contributed by atoms with van der Waals surface area (Å²) in [6, 6.07) is 4.24. The number of rotatable bonds is 6. The fraction of sp³-hybridized carbons (Fsp3) is 0.385. The summed E-state index contributed by atoms with van der Waals surface area (Å²) in [7, 11) is 0. The number of esters is 1. The van der Waals surface area contributed by atoms with Gasteiger partial charge in [0.1, 0.15) is 11.8 Å². The second kappa shape index (κ2) is 7.40. The highest BCUT2D eigenvalue weighted by Crippen LogP contribution is 2.26. The fourth-order valence-corrected chi connectivity index (χ4v) is 1.65. The van der Waals surface area contributed by atoms with Gasteiger partial charge < -0.3 is 14.6 Å². The minimum Gasteiger partial charge on any atom is -0.466 e. The van der Waals surface area contributed by atoms with Gasteiger partial charge in [-0.05, 0) is 24.1 Å². The summed E-state index contributed by atoms with van der Waals surface area (Å²) in [4.78, 5) is 11.4. The number of ether oxygens (including phenoxy) is 2. The van der Waals surface area contributed by atoms with E-state index in [0.29, 0.717) is 0 Å². The maximum atomic E-state index is 12.3. The number of aliphatic hydroxyl groups is 1. The van der Waals surface area contributed by atoms with Crippen LogP contribution in [-0.2, 0) is 22.6 Å². The SMILES string of the molecule is CCOC(=O)Cc1cc(CO)cc(OC(F)F)c1C#N. The molecule has 0 saturated carbocycles. The number of alkyl halides is 2. The molecule has 1 N–H and O–H groups in total. The monoisotopic (exact) mass is 285 g/mol. The van der Waals surface area contributed by atoms with Crippen molar-refractivity contribution >= 4 is 5.97 Å². The van der Waals surface area contributed by atoms with E-state index < -0.39 is 19.2 Å². The number of nitriles is 1. The molecule has 1 rings (SSSR count). The zero-order valence-electron chi connectivity index (χ0n) is 10.7. The summed E-state index contributed by atoms with van der Waals surface area (Å²) in [5, 5.41) is 18.1. The lowest BCUT2D eigenvalue weighted by Crippen LogP contribution is -2.11. The Kier molecular flexibility index (Phi) is 5.87. The van der Waals surface area contributed by atoms with Crippen molar-refractivity contribution in [3.8, 4) is 11.8 Å². The molecule has 20 heavy (non-hydrogen) atoms. The van der Waals surface area contributed by atoms with Gasteiger partial charge in [0.25, 0.3) is 0 Å². The van der Waals surface area contributed by atoms with Gasteiger partial charge in [0.2, 0.25) is 0 Å². The van der Waals surface area contributed by atoms with Crippen molar-refractivity contribution in [3.05, 3.63) is 28.8 Å². The summed E-state index contributed by atoms with van der Waals surface area (Å²) < 4.78 is 33.6. The minimum absolute atomic E-state index is 0.167. The summed E-state index contributed by atoms with van der Waals surface area (Å²) in [6.07, 6.45) is -0.260. The second-order valence-corrected chi connectivity index (χ2v) is 3.76. The van der Waals surface area contributed by atoms with Crippen LogP contribution in [0.1, 0.15) is 23.6 Å². The zero-order chi connectivity index (χ0) is 15.1. The lowest BCUT2D eigenvalue weighted by molar-refractivity contribution is -0.142.